The fourth-order valence-corrected chi connectivity index (χ4v) is 5.21. The Kier molecular flexibility index (Phi) is 7.61. The molecule has 3 amide bonds. The smallest absolute Gasteiger partial charge is 0.317 e. The number of aliphatic imine (C=N–C) groups is 2. The van der Waals surface area contributed by atoms with Gasteiger partial charge < -0.3 is 20.9 Å². The zero-order chi connectivity index (χ0) is 24.8. The van der Waals surface area contributed by atoms with Crippen molar-refractivity contribution in [1.82, 2.24) is 15.5 Å². The summed E-state index contributed by atoms with van der Waals surface area (Å²) < 4.78 is 23.7. The maximum absolute atomic E-state index is 12.7. The minimum atomic E-state index is -3.34. The number of allylic oxidation sites excluding steroid dienone is 1. The van der Waals surface area contributed by atoms with Crippen LogP contribution in [0.3, 0.4) is 0 Å². The van der Waals surface area contributed by atoms with E-state index in [1.165, 1.54) is 23.5 Å². The molecule has 2 aromatic rings. The van der Waals surface area contributed by atoms with Crippen LogP contribution in [0.4, 0.5) is 10.5 Å². The summed E-state index contributed by atoms with van der Waals surface area (Å²) in [6.07, 6.45) is 7.36. The molecule has 184 valence electrons. The van der Waals surface area contributed by atoms with Crippen LogP contribution in [0.15, 0.2) is 51.3 Å². The summed E-state index contributed by atoms with van der Waals surface area (Å²) >= 11 is 1.38. The second kappa shape index (κ2) is 10.8. The van der Waals surface area contributed by atoms with Gasteiger partial charge >= 0.3 is 6.03 Å². The predicted molar refractivity (Wildman–Crippen MR) is 138 cm³/mol. The number of guanidine groups is 1. The molecule has 3 heterocycles. The lowest BCUT2D eigenvalue weighted by Gasteiger charge is -2.13. The maximum Gasteiger partial charge on any atom is 0.317 e. The van der Waals surface area contributed by atoms with E-state index in [1.807, 2.05) is 18.2 Å². The highest BCUT2D eigenvalue weighted by molar-refractivity contribution is 7.90. The van der Waals surface area contributed by atoms with Crippen LogP contribution in [0, 0.1) is 0 Å². The molecule has 1 saturated heterocycles. The Morgan fingerprint density at radius 1 is 1.29 bits per heavy atom. The van der Waals surface area contributed by atoms with Gasteiger partial charge in [-0.3, -0.25) is 4.79 Å². The highest BCUT2D eigenvalue weighted by atomic mass is 32.2. The molecule has 2 aliphatic rings. The molecule has 10 nitrogen and oxygen atoms in total. The summed E-state index contributed by atoms with van der Waals surface area (Å²) in [4.78, 5) is 36.6. The van der Waals surface area contributed by atoms with Crippen molar-refractivity contribution in [2.24, 2.45) is 9.98 Å². The zero-order valence-corrected chi connectivity index (χ0v) is 20.8. The van der Waals surface area contributed by atoms with Crippen molar-refractivity contribution in [1.29, 1.82) is 0 Å². The van der Waals surface area contributed by atoms with Gasteiger partial charge in [-0.2, -0.15) is 0 Å². The Morgan fingerprint density at radius 3 is 2.91 bits per heavy atom. The summed E-state index contributed by atoms with van der Waals surface area (Å²) in [7, 11) is -3.34. The molecule has 2 aliphatic heterocycles. The van der Waals surface area contributed by atoms with Gasteiger partial charge in [0.15, 0.2) is 9.84 Å². The van der Waals surface area contributed by atoms with Gasteiger partial charge in [-0.15, -0.1) is 11.3 Å². The van der Waals surface area contributed by atoms with Crippen molar-refractivity contribution < 1.29 is 18.0 Å². The topological polar surface area (TPSA) is 132 Å². The fraction of sp³-hybridized carbons (Fsp3) is 0.304. The number of benzene rings is 1. The summed E-state index contributed by atoms with van der Waals surface area (Å²) in [5.41, 5.74) is 1.45. The Hall–Kier alpha value is -3.51. The predicted octanol–water partition coefficient (Wildman–Crippen LogP) is 2.36. The second-order valence-corrected chi connectivity index (χ2v) is 11.1. The molecule has 0 aliphatic carbocycles. The van der Waals surface area contributed by atoms with Gasteiger partial charge in [-0.05, 0) is 35.9 Å². The van der Waals surface area contributed by atoms with Crippen molar-refractivity contribution in [3.8, 4) is 0 Å². The van der Waals surface area contributed by atoms with Crippen LogP contribution in [0.5, 0.6) is 0 Å². The maximum atomic E-state index is 12.7. The van der Waals surface area contributed by atoms with E-state index in [4.69, 9.17) is 0 Å². The van der Waals surface area contributed by atoms with Gasteiger partial charge in [0, 0.05) is 55.6 Å². The van der Waals surface area contributed by atoms with Crippen LogP contribution in [0.1, 0.15) is 26.5 Å². The van der Waals surface area contributed by atoms with Crippen LogP contribution >= 0.6 is 11.3 Å². The lowest BCUT2D eigenvalue weighted by atomic mass is 10.2. The molecule has 1 aromatic carbocycles. The lowest BCUT2D eigenvalue weighted by Crippen LogP contribution is -2.36. The summed E-state index contributed by atoms with van der Waals surface area (Å²) in [5.74, 6) is 0.152. The van der Waals surface area contributed by atoms with E-state index in [-0.39, 0.29) is 16.8 Å². The number of urea groups is 1. The lowest BCUT2D eigenvalue weighted by molar-refractivity contribution is 0.0954. The number of hydrogen-bond donors (Lipinski definition) is 3. The number of hydrogen-bond acceptors (Lipinski definition) is 8. The van der Waals surface area contributed by atoms with E-state index in [0.717, 1.165) is 16.7 Å². The zero-order valence-electron chi connectivity index (χ0n) is 19.2. The highest BCUT2D eigenvalue weighted by Crippen LogP contribution is 2.26. The summed E-state index contributed by atoms with van der Waals surface area (Å²) in [6, 6.07) is 8.19. The Morgan fingerprint density at radius 2 is 2.14 bits per heavy atom. The molecule has 4 rings (SSSR count). The molecule has 0 atom stereocenters. The number of nitrogens with zero attached hydrogens (tertiary/aromatic N) is 3. The fourth-order valence-electron chi connectivity index (χ4n) is 3.52. The van der Waals surface area contributed by atoms with Gasteiger partial charge in [0.25, 0.3) is 5.91 Å². The number of thiophene rings is 1. The molecule has 0 bridgehead atoms. The second-order valence-electron chi connectivity index (χ2n) is 7.99. The van der Waals surface area contributed by atoms with E-state index in [1.54, 1.807) is 23.2 Å². The van der Waals surface area contributed by atoms with E-state index in [0.29, 0.717) is 55.7 Å². The third-order valence-corrected chi connectivity index (χ3v) is 7.57. The van der Waals surface area contributed by atoms with Gasteiger partial charge in [-0.1, -0.05) is 12.1 Å². The summed E-state index contributed by atoms with van der Waals surface area (Å²) in [6.45, 7) is 2.39. The van der Waals surface area contributed by atoms with Crippen LogP contribution in [-0.2, 0) is 16.4 Å². The molecule has 12 heteroatoms. The van der Waals surface area contributed by atoms with Gasteiger partial charge in [0.1, 0.15) is 0 Å². The van der Waals surface area contributed by atoms with Crippen LogP contribution in [0.25, 0.3) is 6.08 Å². The van der Waals surface area contributed by atoms with Crippen LogP contribution in [-0.4, -0.2) is 69.9 Å². The molecule has 0 saturated carbocycles. The molecule has 3 N–H and O–H groups in total. The minimum Gasteiger partial charge on any atom is -0.350 e. The van der Waals surface area contributed by atoms with Crippen molar-refractivity contribution >= 4 is 57.0 Å². The highest BCUT2D eigenvalue weighted by Gasteiger charge is 2.19. The first kappa shape index (κ1) is 24.6. The van der Waals surface area contributed by atoms with Crippen molar-refractivity contribution in [3.05, 3.63) is 51.7 Å². The molecular formula is C23H26N6O4S2. The normalized spacial score (nSPS) is 19.2. The van der Waals surface area contributed by atoms with Crippen LogP contribution < -0.4 is 16.0 Å². The number of sulfone groups is 1. The molecule has 0 unspecified atom stereocenters. The number of anilines is 1. The first-order valence-electron chi connectivity index (χ1n) is 11.0. The third-order valence-electron chi connectivity index (χ3n) is 5.32. The first-order chi connectivity index (χ1) is 16.8. The SMILES string of the molecule is CS(=O)(=O)c1cccc(NC2=N/Cc3cc(C(=O)NCCN4CCNC4=O)sc3/C=C\C/C=N\2)c1. The van der Waals surface area contributed by atoms with Gasteiger partial charge in [0.05, 0.1) is 16.3 Å². The Labute approximate surface area is 207 Å². The average molecular weight is 515 g/mol. The van der Waals surface area contributed by atoms with E-state index >= 15 is 0 Å². The number of carbonyl (C=O) groups excluding carboxylic acids is 2. The number of amides is 3. The molecule has 35 heavy (non-hydrogen) atoms. The quantitative estimate of drug-likeness (QED) is 0.544. The van der Waals surface area contributed by atoms with Gasteiger partial charge in [-0.25, -0.2) is 23.2 Å². The Bertz CT molecular complexity index is 1310. The molecule has 1 fully saturated rings. The Balaban J connectivity index is 1.45. The first-order valence-corrected chi connectivity index (χ1v) is 13.7. The van der Waals surface area contributed by atoms with Crippen molar-refractivity contribution in [2.75, 3.05) is 37.8 Å². The monoisotopic (exact) mass is 514 g/mol. The number of rotatable bonds is 6. The number of carbonyl (C=O) groups is 2. The van der Waals surface area contributed by atoms with E-state index in [2.05, 4.69) is 25.9 Å². The van der Waals surface area contributed by atoms with Crippen molar-refractivity contribution in [2.45, 2.75) is 17.9 Å². The standard InChI is InChI=1S/C23H26N6O4S2/c1-35(32,33)18-6-4-5-17(14-18)28-22-25-8-3-2-7-19-16(15-27-22)13-20(34-19)21(30)24-9-11-29-12-10-26-23(29)31/h2,4-8,13-14H,3,9-12,15H2,1H3,(H,24,30)(H,26,31)(H,27,28)/b7-2-,25-8-. The molecule has 0 radical (unpaired) electrons. The third kappa shape index (κ3) is 6.55. The average Bonchev–Trinajstić information content (AvgIpc) is 3.43. The molecule has 0 spiro atoms. The molecular weight excluding hydrogens is 488 g/mol. The summed E-state index contributed by atoms with van der Waals surface area (Å²) in [5, 5.41) is 8.69. The van der Waals surface area contributed by atoms with Crippen molar-refractivity contribution in [3.63, 3.8) is 0 Å². The number of nitrogens with one attached hydrogen (secondary N) is 3. The van der Waals surface area contributed by atoms with E-state index < -0.39 is 9.84 Å². The van der Waals surface area contributed by atoms with E-state index in [9.17, 15) is 18.0 Å². The van der Waals surface area contributed by atoms with Gasteiger partial charge in [0.2, 0.25) is 5.96 Å². The minimum absolute atomic E-state index is 0.108. The number of fused-ring (bicyclic) bond motifs is 1. The van der Waals surface area contributed by atoms with Crippen LogP contribution in [0.2, 0.25) is 0 Å². The largest absolute Gasteiger partial charge is 0.350 e. The molecule has 1 aromatic heterocycles.